The van der Waals surface area contributed by atoms with E-state index in [4.69, 9.17) is 21.6 Å². The summed E-state index contributed by atoms with van der Waals surface area (Å²) in [7, 11) is 0. The second-order valence-electron chi connectivity index (χ2n) is 6.31. The standard InChI is InChI=1S/C17H20ClN3O2/c1-9(2)23-17-15(20-21-7-6-13(22)16(17)21)12-5-4-11(8-19)14(18)10(12)3/h4-5,9,13,16-17,22H,6-7H2,1-3H3/t13-,16-,17+/m0/s1. The van der Waals surface area contributed by atoms with Crippen molar-refractivity contribution < 1.29 is 9.84 Å². The Bertz CT molecular complexity index is 696. The average molecular weight is 334 g/mol. The molecule has 1 aromatic carbocycles. The highest BCUT2D eigenvalue weighted by atomic mass is 35.5. The Balaban J connectivity index is 2.04. The number of halogens is 1. The molecule has 5 nitrogen and oxygen atoms in total. The van der Waals surface area contributed by atoms with Crippen molar-refractivity contribution in [2.75, 3.05) is 6.54 Å². The number of hydrogen-bond acceptors (Lipinski definition) is 5. The highest BCUT2D eigenvalue weighted by molar-refractivity contribution is 6.33. The zero-order valence-corrected chi connectivity index (χ0v) is 14.2. The molecular formula is C17H20ClN3O2. The number of aliphatic hydroxyl groups is 1. The number of hydrogen-bond donors (Lipinski definition) is 1. The van der Waals surface area contributed by atoms with E-state index in [0.29, 0.717) is 17.0 Å². The van der Waals surface area contributed by atoms with Crippen LogP contribution >= 0.6 is 11.6 Å². The van der Waals surface area contributed by atoms with Gasteiger partial charge in [0.2, 0.25) is 0 Å². The van der Waals surface area contributed by atoms with Gasteiger partial charge in [0, 0.05) is 12.1 Å². The summed E-state index contributed by atoms with van der Waals surface area (Å²) < 4.78 is 6.07. The molecule has 0 bridgehead atoms. The van der Waals surface area contributed by atoms with Gasteiger partial charge in [-0.05, 0) is 38.8 Å². The molecule has 0 unspecified atom stereocenters. The fraction of sp³-hybridized carbons (Fsp3) is 0.529. The molecule has 1 aromatic rings. The van der Waals surface area contributed by atoms with Crippen LogP contribution in [-0.4, -0.2) is 46.7 Å². The summed E-state index contributed by atoms with van der Waals surface area (Å²) in [6, 6.07) is 5.51. The van der Waals surface area contributed by atoms with Crippen molar-refractivity contribution in [3.05, 3.63) is 33.8 Å². The van der Waals surface area contributed by atoms with Gasteiger partial charge in [0.25, 0.3) is 0 Å². The van der Waals surface area contributed by atoms with Gasteiger partial charge in [-0.3, -0.25) is 5.01 Å². The number of ether oxygens (including phenoxy) is 1. The monoisotopic (exact) mass is 333 g/mol. The second-order valence-corrected chi connectivity index (χ2v) is 6.69. The van der Waals surface area contributed by atoms with Gasteiger partial charge in [0.1, 0.15) is 18.2 Å². The number of fused-ring (bicyclic) bond motifs is 1. The van der Waals surface area contributed by atoms with E-state index < -0.39 is 6.10 Å². The molecule has 1 fully saturated rings. The molecule has 1 saturated heterocycles. The van der Waals surface area contributed by atoms with Crippen molar-refractivity contribution in [1.82, 2.24) is 5.01 Å². The molecule has 0 amide bonds. The van der Waals surface area contributed by atoms with Gasteiger partial charge < -0.3 is 9.84 Å². The lowest BCUT2D eigenvalue weighted by atomic mass is 9.94. The quantitative estimate of drug-likeness (QED) is 0.922. The Kier molecular flexibility index (Phi) is 4.33. The summed E-state index contributed by atoms with van der Waals surface area (Å²) in [5.41, 5.74) is 2.93. The van der Waals surface area contributed by atoms with Crippen LogP contribution in [-0.2, 0) is 4.74 Å². The molecule has 2 heterocycles. The Morgan fingerprint density at radius 2 is 2.22 bits per heavy atom. The Labute approximate surface area is 141 Å². The molecule has 3 rings (SSSR count). The van der Waals surface area contributed by atoms with E-state index >= 15 is 0 Å². The molecule has 0 saturated carbocycles. The second kappa shape index (κ2) is 6.12. The molecule has 0 aliphatic carbocycles. The van der Waals surface area contributed by atoms with Crippen LogP contribution in [0.2, 0.25) is 5.02 Å². The molecule has 0 radical (unpaired) electrons. The zero-order valence-electron chi connectivity index (χ0n) is 13.5. The number of benzene rings is 1. The summed E-state index contributed by atoms with van der Waals surface area (Å²) >= 11 is 6.30. The van der Waals surface area contributed by atoms with Gasteiger partial charge in [-0.1, -0.05) is 17.7 Å². The normalized spacial score (nSPS) is 26.4. The smallest absolute Gasteiger partial charge is 0.127 e. The van der Waals surface area contributed by atoms with E-state index in [1.54, 1.807) is 6.07 Å². The topological polar surface area (TPSA) is 68.8 Å². The third kappa shape index (κ3) is 2.72. The van der Waals surface area contributed by atoms with Crippen LogP contribution in [0.15, 0.2) is 17.2 Å². The number of nitriles is 1. The van der Waals surface area contributed by atoms with Gasteiger partial charge in [-0.2, -0.15) is 10.4 Å². The maximum absolute atomic E-state index is 10.3. The molecule has 23 heavy (non-hydrogen) atoms. The maximum atomic E-state index is 10.3. The maximum Gasteiger partial charge on any atom is 0.127 e. The van der Waals surface area contributed by atoms with Crippen LogP contribution in [0.5, 0.6) is 0 Å². The Morgan fingerprint density at radius 3 is 2.87 bits per heavy atom. The Hall–Kier alpha value is -1.61. The lowest BCUT2D eigenvalue weighted by Gasteiger charge is -2.26. The van der Waals surface area contributed by atoms with Crippen LogP contribution in [0.1, 0.15) is 37.0 Å². The summed E-state index contributed by atoms with van der Waals surface area (Å²) in [6.07, 6.45) is -0.0246. The lowest BCUT2D eigenvalue weighted by Crippen LogP contribution is -2.43. The van der Waals surface area contributed by atoms with Crippen molar-refractivity contribution >= 4 is 17.3 Å². The summed E-state index contributed by atoms with van der Waals surface area (Å²) in [5, 5.41) is 26.4. The highest BCUT2D eigenvalue weighted by Crippen LogP contribution is 2.34. The summed E-state index contributed by atoms with van der Waals surface area (Å²) in [5.74, 6) is 0. The molecule has 3 atom stereocenters. The zero-order chi connectivity index (χ0) is 16.7. The predicted molar refractivity (Wildman–Crippen MR) is 88.6 cm³/mol. The van der Waals surface area contributed by atoms with Crippen molar-refractivity contribution in [1.29, 1.82) is 5.26 Å². The summed E-state index contributed by atoms with van der Waals surface area (Å²) in [6.45, 7) is 6.55. The largest absolute Gasteiger partial charge is 0.391 e. The SMILES string of the molecule is Cc1c(C2=NN3CC[C@H](O)[C@H]3[C@@H]2OC(C)C)ccc(C#N)c1Cl. The molecular weight excluding hydrogens is 314 g/mol. The van der Waals surface area contributed by atoms with Crippen LogP contribution in [0, 0.1) is 18.3 Å². The predicted octanol–water partition coefficient (Wildman–Crippen LogP) is 2.47. The molecule has 0 spiro atoms. The molecule has 0 aromatic heterocycles. The minimum Gasteiger partial charge on any atom is -0.391 e. The van der Waals surface area contributed by atoms with E-state index in [0.717, 1.165) is 23.4 Å². The van der Waals surface area contributed by atoms with Crippen LogP contribution < -0.4 is 0 Å². The van der Waals surface area contributed by atoms with Crippen molar-refractivity contribution in [2.45, 2.75) is 51.5 Å². The third-order valence-corrected chi connectivity index (χ3v) is 4.90. The minimum atomic E-state index is -0.450. The van der Waals surface area contributed by atoms with Gasteiger partial charge >= 0.3 is 0 Å². The van der Waals surface area contributed by atoms with Crippen molar-refractivity contribution in [3.8, 4) is 6.07 Å². The number of hydrazone groups is 1. The number of nitrogens with zero attached hydrogens (tertiary/aromatic N) is 3. The fourth-order valence-electron chi connectivity index (χ4n) is 3.31. The average Bonchev–Trinajstić information content (AvgIpc) is 3.03. The lowest BCUT2D eigenvalue weighted by molar-refractivity contribution is -0.0132. The van der Waals surface area contributed by atoms with Crippen LogP contribution in [0.4, 0.5) is 0 Å². The molecule has 2 aliphatic heterocycles. The highest BCUT2D eigenvalue weighted by Gasteiger charge is 2.47. The van der Waals surface area contributed by atoms with E-state index in [2.05, 4.69) is 11.2 Å². The molecule has 122 valence electrons. The van der Waals surface area contributed by atoms with Gasteiger partial charge in [-0.15, -0.1) is 0 Å². The van der Waals surface area contributed by atoms with Crippen molar-refractivity contribution in [2.24, 2.45) is 5.10 Å². The first-order chi connectivity index (χ1) is 10.9. The van der Waals surface area contributed by atoms with Gasteiger partial charge in [0.05, 0.1) is 28.5 Å². The van der Waals surface area contributed by atoms with E-state index in [9.17, 15) is 5.11 Å². The molecule has 1 N–H and O–H groups in total. The first-order valence-electron chi connectivity index (χ1n) is 7.82. The Morgan fingerprint density at radius 1 is 1.48 bits per heavy atom. The van der Waals surface area contributed by atoms with Gasteiger partial charge in [-0.25, -0.2) is 0 Å². The number of aliphatic hydroxyl groups excluding tert-OH is 1. The summed E-state index contributed by atoms with van der Waals surface area (Å²) in [4.78, 5) is 0. The number of rotatable bonds is 3. The molecule has 2 aliphatic rings. The first-order valence-corrected chi connectivity index (χ1v) is 8.20. The minimum absolute atomic E-state index is 0.0205. The van der Waals surface area contributed by atoms with E-state index in [1.165, 1.54) is 0 Å². The van der Waals surface area contributed by atoms with Crippen LogP contribution in [0.3, 0.4) is 0 Å². The fourth-order valence-corrected chi connectivity index (χ4v) is 3.52. The van der Waals surface area contributed by atoms with Crippen LogP contribution in [0.25, 0.3) is 0 Å². The molecule has 6 heteroatoms. The third-order valence-electron chi connectivity index (χ3n) is 4.41. The van der Waals surface area contributed by atoms with E-state index in [-0.39, 0.29) is 18.2 Å². The van der Waals surface area contributed by atoms with E-state index in [1.807, 2.05) is 31.8 Å². The first kappa shape index (κ1) is 16.3. The van der Waals surface area contributed by atoms with Crippen molar-refractivity contribution in [3.63, 3.8) is 0 Å². The van der Waals surface area contributed by atoms with Gasteiger partial charge in [0.15, 0.2) is 0 Å².